The minimum Gasteiger partial charge on any atom is -0.466 e. The first-order chi connectivity index (χ1) is 15.0. The summed E-state index contributed by atoms with van der Waals surface area (Å²) in [7, 11) is -4.75. The summed E-state index contributed by atoms with van der Waals surface area (Å²) in [5, 5.41) is -1.93. The summed E-state index contributed by atoms with van der Waals surface area (Å²) in [6.45, 7) is 9.03. The van der Waals surface area contributed by atoms with E-state index in [0.29, 0.717) is 24.7 Å². The number of esters is 2. The number of rotatable bonds is 20. The molecule has 0 fully saturated rings. The van der Waals surface area contributed by atoms with Crippen molar-refractivity contribution in [2.24, 2.45) is 11.8 Å². The summed E-state index contributed by atoms with van der Waals surface area (Å²) >= 11 is 0. The Labute approximate surface area is 201 Å². The van der Waals surface area contributed by atoms with Gasteiger partial charge in [-0.2, -0.15) is 8.42 Å². The number of carbonyl (C=O) groups excluding carboxylic acids is 2. The predicted octanol–water partition coefficient (Wildman–Crippen LogP) is 5.87. The van der Waals surface area contributed by atoms with Crippen molar-refractivity contribution in [3.63, 3.8) is 0 Å². The summed E-state index contributed by atoms with van der Waals surface area (Å²) in [6.07, 6.45) is 11.5. The molecule has 198 valence electrons. The average Bonchev–Trinajstić information content (AvgIpc) is 2.68. The van der Waals surface area contributed by atoms with Crippen LogP contribution in [0.4, 0.5) is 0 Å². The number of unbranched alkanes of at least 4 members (excludes halogenated alkanes) is 8. The first-order valence-corrected chi connectivity index (χ1v) is 13.8. The molecule has 0 aliphatic rings. The highest BCUT2D eigenvalue weighted by Crippen LogP contribution is 2.13. The zero-order chi connectivity index (χ0) is 24.4. The zero-order valence-corrected chi connectivity index (χ0v) is 22.2. The van der Waals surface area contributed by atoms with E-state index in [1.807, 2.05) is 0 Å². The largest absolute Gasteiger partial charge is 0.466 e. The van der Waals surface area contributed by atoms with E-state index in [1.54, 1.807) is 0 Å². The molecule has 0 amide bonds. The highest BCUT2D eigenvalue weighted by atomic mass is 32.2. The zero-order valence-electron chi connectivity index (χ0n) is 21.4. The second-order valence-corrected chi connectivity index (χ2v) is 11.1. The lowest BCUT2D eigenvalue weighted by Crippen LogP contribution is -2.34. The minimum absolute atomic E-state index is 0. The third-order valence-corrected chi connectivity index (χ3v) is 6.41. The Morgan fingerprint density at radius 1 is 0.697 bits per heavy atom. The Morgan fingerprint density at radius 2 is 1.09 bits per heavy atom. The lowest BCUT2D eigenvalue weighted by Gasteiger charge is -2.13. The highest BCUT2D eigenvalue weighted by molar-refractivity contribution is 7.87. The van der Waals surface area contributed by atoms with Crippen LogP contribution in [0.3, 0.4) is 0 Å². The van der Waals surface area contributed by atoms with Crippen molar-refractivity contribution in [3.8, 4) is 0 Å². The van der Waals surface area contributed by atoms with Crippen molar-refractivity contribution in [1.29, 1.82) is 0 Å². The van der Waals surface area contributed by atoms with Crippen LogP contribution in [-0.4, -0.2) is 43.4 Å². The predicted molar refractivity (Wildman–Crippen MR) is 132 cm³/mol. The molecule has 0 spiro atoms. The van der Waals surface area contributed by atoms with Crippen LogP contribution in [0.5, 0.6) is 0 Å². The molecule has 0 radical (unpaired) electrons. The van der Waals surface area contributed by atoms with Crippen LogP contribution in [0.15, 0.2) is 0 Å². The number of hydrogen-bond donors (Lipinski definition) is 2. The van der Waals surface area contributed by atoms with E-state index < -0.39 is 33.7 Å². The summed E-state index contributed by atoms with van der Waals surface area (Å²) in [4.78, 5) is 24.0. The molecule has 0 aromatic rings. The van der Waals surface area contributed by atoms with Gasteiger partial charge in [-0.25, -0.2) is 0 Å². The van der Waals surface area contributed by atoms with Crippen molar-refractivity contribution < 1.29 is 32.0 Å². The van der Waals surface area contributed by atoms with Gasteiger partial charge < -0.3 is 15.6 Å². The van der Waals surface area contributed by atoms with Crippen LogP contribution in [0, 0.1) is 11.8 Å². The Kier molecular flexibility index (Phi) is 20.8. The van der Waals surface area contributed by atoms with Gasteiger partial charge in [0.15, 0.2) is 5.25 Å². The van der Waals surface area contributed by atoms with Crippen LogP contribution in [0.1, 0.15) is 111 Å². The van der Waals surface area contributed by atoms with Gasteiger partial charge in [0.25, 0.3) is 10.1 Å². The van der Waals surface area contributed by atoms with E-state index in [0.717, 1.165) is 38.5 Å². The van der Waals surface area contributed by atoms with Crippen LogP contribution in [0.2, 0.25) is 0 Å². The molecule has 0 saturated heterocycles. The third-order valence-electron chi connectivity index (χ3n) is 5.33. The first kappa shape index (κ1) is 34.0. The highest BCUT2D eigenvalue weighted by Gasteiger charge is 2.35. The lowest BCUT2D eigenvalue weighted by atomic mass is 10.0. The fourth-order valence-corrected chi connectivity index (χ4v) is 4.00. The molecule has 0 aromatic heterocycles. The van der Waals surface area contributed by atoms with Crippen LogP contribution >= 0.6 is 0 Å². The molecule has 4 N–H and O–H groups in total. The molecule has 0 rings (SSSR count). The van der Waals surface area contributed by atoms with E-state index in [9.17, 15) is 22.6 Å². The van der Waals surface area contributed by atoms with Gasteiger partial charge in [0.2, 0.25) is 0 Å². The normalized spacial score (nSPS) is 12.5. The molecule has 1 atom stereocenters. The smallest absolute Gasteiger partial charge is 0.327 e. The number of carbonyl (C=O) groups is 2. The molecule has 0 heterocycles. The summed E-state index contributed by atoms with van der Waals surface area (Å²) < 4.78 is 42.4. The topological polar surface area (TPSA) is 142 Å². The van der Waals surface area contributed by atoms with Crippen LogP contribution in [-0.2, 0) is 29.2 Å². The van der Waals surface area contributed by atoms with Crippen molar-refractivity contribution in [2.75, 3.05) is 13.2 Å². The second kappa shape index (κ2) is 20.2. The molecule has 0 aliphatic heterocycles. The lowest BCUT2D eigenvalue weighted by molar-refractivity contribution is -0.150. The van der Waals surface area contributed by atoms with E-state index in [-0.39, 0.29) is 19.4 Å². The minimum atomic E-state index is -4.75. The SMILES string of the molecule is CC(C)CCCCCCCOC(=O)CC(C(=O)OCCCCCCCC(C)C)S(=O)(=O)O.N. The molecule has 0 bridgehead atoms. The first-order valence-electron chi connectivity index (χ1n) is 12.3. The molecular formula is C24H49NO7S. The fourth-order valence-electron chi connectivity index (χ4n) is 3.34. The molecular weight excluding hydrogens is 446 g/mol. The molecule has 0 saturated carbocycles. The summed E-state index contributed by atoms with van der Waals surface area (Å²) in [5.74, 6) is -0.526. The average molecular weight is 496 g/mol. The molecule has 8 nitrogen and oxygen atoms in total. The van der Waals surface area contributed by atoms with E-state index in [2.05, 4.69) is 27.7 Å². The number of hydrogen-bond acceptors (Lipinski definition) is 7. The van der Waals surface area contributed by atoms with E-state index >= 15 is 0 Å². The maximum Gasteiger partial charge on any atom is 0.327 e. The maximum atomic E-state index is 12.1. The van der Waals surface area contributed by atoms with Gasteiger partial charge in [0.1, 0.15) is 0 Å². The Hall–Kier alpha value is -1.19. The van der Waals surface area contributed by atoms with Gasteiger partial charge in [-0.1, -0.05) is 91.9 Å². The van der Waals surface area contributed by atoms with Crippen molar-refractivity contribution in [2.45, 2.75) is 116 Å². The Morgan fingerprint density at radius 3 is 1.52 bits per heavy atom. The Bertz CT molecular complexity index is 606. The Balaban J connectivity index is 0. The van der Waals surface area contributed by atoms with E-state index in [1.165, 1.54) is 25.7 Å². The second-order valence-electron chi connectivity index (χ2n) is 9.50. The molecule has 9 heteroatoms. The van der Waals surface area contributed by atoms with Crippen molar-refractivity contribution in [1.82, 2.24) is 6.15 Å². The van der Waals surface area contributed by atoms with Gasteiger partial charge in [-0.3, -0.25) is 14.1 Å². The summed E-state index contributed by atoms with van der Waals surface area (Å²) in [5.41, 5.74) is 0. The molecule has 33 heavy (non-hydrogen) atoms. The molecule has 0 aromatic carbocycles. The van der Waals surface area contributed by atoms with Crippen molar-refractivity contribution in [3.05, 3.63) is 0 Å². The quantitative estimate of drug-likeness (QED) is 0.121. The summed E-state index contributed by atoms with van der Waals surface area (Å²) in [6, 6.07) is 0. The van der Waals surface area contributed by atoms with Crippen molar-refractivity contribution >= 4 is 22.1 Å². The molecule has 1 unspecified atom stereocenters. The van der Waals surface area contributed by atoms with E-state index in [4.69, 9.17) is 9.47 Å². The third kappa shape index (κ3) is 21.1. The van der Waals surface area contributed by atoms with Crippen LogP contribution < -0.4 is 6.15 Å². The van der Waals surface area contributed by atoms with Crippen LogP contribution in [0.25, 0.3) is 0 Å². The van der Waals surface area contributed by atoms with Gasteiger partial charge in [0, 0.05) is 0 Å². The van der Waals surface area contributed by atoms with Gasteiger partial charge >= 0.3 is 11.9 Å². The standard InChI is InChI=1S/C24H46O7S.H3N/c1-20(2)15-11-7-5-9-13-17-30-23(25)19-22(32(27,28)29)24(26)31-18-14-10-6-8-12-16-21(3)4;/h20-22H,5-19H2,1-4H3,(H,27,28,29);1H3. The van der Waals surface area contributed by atoms with Gasteiger partial charge in [0.05, 0.1) is 19.6 Å². The van der Waals surface area contributed by atoms with Gasteiger partial charge in [-0.15, -0.1) is 0 Å². The monoisotopic (exact) mass is 495 g/mol. The maximum absolute atomic E-state index is 12.1. The fraction of sp³-hybridized carbons (Fsp3) is 0.917. The van der Waals surface area contributed by atoms with Gasteiger partial charge in [-0.05, 0) is 24.7 Å². The number of ether oxygens (including phenoxy) is 2. The molecule has 0 aliphatic carbocycles.